The zero-order chi connectivity index (χ0) is 15.4. The predicted octanol–water partition coefficient (Wildman–Crippen LogP) is 2.88. The number of hydrogen-bond donors (Lipinski definition) is 3. The molecule has 0 aliphatic rings. The first-order valence-corrected chi connectivity index (χ1v) is 7.23. The SMILES string of the molecule is CC(Sc1ccc(Cl)cc1)C(=O)Nc1cc(C(=O)O)[nH]n1. The largest absolute Gasteiger partial charge is 0.477 e. The molecule has 2 aromatic rings. The Bertz CT molecular complexity index is 657. The predicted molar refractivity (Wildman–Crippen MR) is 80.9 cm³/mol. The van der Waals surface area contributed by atoms with Crippen LogP contribution in [0.3, 0.4) is 0 Å². The van der Waals surface area contributed by atoms with Gasteiger partial charge in [-0.1, -0.05) is 11.6 Å². The van der Waals surface area contributed by atoms with Gasteiger partial charge in [0.25, 0.3) is 0 Å². The summed E-state index contributed by atoms with van der Waals surface area (Å²) < 4.78 is 0. The second-order valence-electron chi connectivity index (χ2n) is 4.18. The first-order chi connectivity index (χ1) is 9.95. The van der Waals surface area contributed by atoms with E-state index in [0.29, 0.717) is 5.02 Å². The fraction of sp³-hybridized carbons (Fsp3) is 0.154. The molecule has 0 saturated carbocycles. The highest BCUT2D eigenvalue weighted by Gasteiger charge is 2.16. The van der Waals surface area contributed by atoms with Gasteiger partial charge in [-0.2, -0.15) is 5.10 Å². The van der Waals surface area contributed by atoms with Crippen LogP contribution in [0.25, 0.3) is 0 Å². The van der Waals surface area contributed by atoms with Crippen LogP contribution >= 0.6 is 23.4 Å². The number of aromatic nitrogens is 2. The molecule has 1 amide bonds. The Hall–Kier alpha value is -1.99. The lowest BCUT2D eigenvalue weighted by molar-refractivity contribution is -0.115. The molecule has 0 aliphatic heterocycles. The average molecular weight is 326 g/mol. The van der Waals surface area contributed by atoms with Gasteiger partial charge in [0.2, 0.25) is 5.91 Å². The van der Waals surface area contributed by atoms with Crippen molar-refractivity contribution in [3.63, 3.8) is 0 Å². The molecule has 0 aliphatic carbocycles. The van der Waals surface area contributed by atoms with E-state index in [2.05, 4.69) is 15.5 Å². The number of nitrogens with one attached hydrogen (secondary N) is 2. The quantitative estimate of drug-likeness (QED) is 0.735. The van der Waals surface area contributed by atoms with Crippen LogP contribution in [0.2, 0.25) is 5.02 Å². The van der Waals surface area contributed by atoms with E-state index in [1.165, 1.54) is 17.8 Å². The lowest BCUT2D eigenvalue weighted by Gasteiger charge is -2.10. The highest BCUT2D eigenvalue weighted by Crippen LogP contribution is 2.25. The number of benzene rings is 1. The number of aromatic carboxylic acids is 1. The van der Waals surface area contributed by atoms with Crippen molar-refractivity contribution in [1.82, 2.24) is 10.2 Å². The van der Waals surface area contributed by atoms with Crippen LogP contribution in [0, 0.1) is 0 Å². The standard InChI is InChI=1S/C13H12ClN3O3S/c1-7(21-9-4-2-8(14)3-5-9)12(18)15-11-6-10(13(19)20)16-17-11/h2-7H,1H3,(H,19,20)(H2,15,16,17,18). The van der Waals surface area contributed by atoms with Crippen molar-refractivity contribution in [3.05, 3.63) is 41.0 Å². The third kappa shape index (κ3) is 4.24. The maximum absolute atomic E-state index is 12.0. The minimum absolute atomic E-state index is 0.0803. The van der Waals surface area contributed by atoms with Gasteiger partial charge in [-0.3, -0.25) is 9.89 Å². The van der Waals surface area contributed by atoms with E-state index >= 15 is 0 Å². The zero-order valence-electron chi connectivity index (χ0n) is 11.0. The number of amides is 1. The maximum atomic E-state index is 12.0. The highest BCUT2D eigenvalue weighted by molar-refractivity contribution is 8.00. The van der Waals surface area contributed by atoms with Crippen molar-refractivity contribution < 1.29 is 14.7 Å². The summed E-state index contributed by atoms with van der Waals surface area (Å²) in [6.45, 7) is 1.75. The van der Waals surface area contributed by atoms with Crippen LogP contribution in [0.1, 0.15) is 17.4 Å². The Labute approximate surface area is 129 Å². The summed E-state index contributed by atoms with van der Waals surface area (Å²) >= 11 is 7.17. The number of carbonyl (C=O) groups is 2. The van der Waals surface area contributed by atoms with E-state index in [0.717, 1.165) is 4.90 Å². The molecular formula is C13H12ClN3O3S. The number of carbonyl (C=O) groups excluding carboxylic acids is 1. The molecule has 0 radical (unpaired) electrons. The molecule has 1 atom stereocenters. The number of rotatable bonds is 5. The molecule has 21 heavy (non-hydrogen) atoms. The lowest BCUT2D eigenvalue weighted by Crippen LogP contribution is -2.22. The maximum Gasteiger partial charge on any atom is 0.353 e. The Morgan fingerprint density at radius 2 is 2.05 bits per heavy atom. The van der Waals surface area contributed by atoms with Crippen LogP contribution in [0.5, 0.6) is 0 Å². The molecule has 1 aromatic carbocycles. The van der Waals surface area contributed by atoms with E-state index in [-0.39, 0.29) is 22.7 Å². The number of nitrogens with zero attached hydrogens (tertiary/aromatic N) is 1. The Morgan fingerprint density at radius 3 is 2.62 bits per heavy atom. The van der Waals surface area contributed by atoms with Gasteiger partial charge in [0, 0.05) is 16.0 Å². The summed E-state index contributed by atoms with van der Waals surface area (Å²) in [7, 11) is 0. The van der Waals surface area contributed by atoms with E-state index in [1.807, 2.05) is 12.1 Å². The van der Waals surface area contributed by atoms with Crippen LogP contribution in [-0.4, -0.2) is 32.4 Å². The van der Waals surface area contributed by atoms with Gasteiger partial charge in [0.15, 0.2) is 5.82 Å². The van der Waals surface area contributed by atoms with Gasteiger partial charge in [0.05, 0.1) is 5.25 Å². The van der Waals surface area contributed by atoms with Crippen LogP contribution in [0.15, 0.2) is 35.2 Å². The molecule has 1 aromatic heterocycles. The fourth-order valence-corrected chi connectivity index (χ4v) is 2.49. The molecule has 110 valence electrons. The van der Waals surface area contributed by atoms with Crippen molar-refractivity contribution in [2.24, 2.45) is 0 Å². The number of thioether (sulfide) groups is 1. The Balaban J connectivity index is 1.95. The monoisotopic (exact) mass is 325 g/mol. The molecule has 1 heterocycles. The van der Waals surface area contributed by atoms with Crippen molar-refractivity contribution in [3.8, 4) is 0 Å². The summed E-state index contributed by atoms with van der Waals surface area (Å²) in [5.74, 6) is -1.22. The van der Waals surface area contributed by atoms with Gasteiger partial charge in [0.1, 0.15) is 5.69 Å². The molecule has 2 rings (SSSR count). The number of H-pyrrole nitrogens is 1. The summed E-state index contributed by atoms with van der Waals surface area (Å²) in [6, 6.07) is 8.42. The van der Waals surface area contributed by atoms with Gasteiger partial charge in [-0.05, 0) is 31.2 Å². The van der Waals surface area contributed by atoms with Gasteiger partial charge in [-0.15, -0.1) is 11.8 Å². The zero-order valence-corrected chi connectivity index (χ0v) is 12.5. The van der Waals surface area contributed by atoms with E-state index in [9.17, 15) is 9.59 Å². The van der Waals surface area contributed by atoms with Crippen molar-refractivity contribution in [2.75, 3.05) is 5.32 Å². The second kappa shape index (κ2) is 6.64. The van der Waals surface area contributed by atoms with Crippen molar-refractivity contribution in [2.45, 2.75) is 17.1 Å². The molecule has 0 saturated heterocycles. The van der Waals surface area contributed by atoms with Gasteiger partial charge < -0.3 is 10.4 Å². The second-order valence-corrected chi connectivity index (χ2v) is 6.03. The van der Waals surface area contributed by atoms with Gasteiger partial charge >= 0.3 is 5.97 Å². The molecule has 8 heteroatoms. The first-order valence-electron chi connectivity index (χ1n) is 5.97. The minimum atomic E-state index is -1.13. The third-order valence-corrected chi connectivity index (χ3v) is 3.92. The summed E-state index contributed by atoms with van der Waals surface area (Å²) in [5.41, 5.74) is -0.0803. The van der Waals surface area contributed by atoms with Crippen molar-refractivity contribution in [1.29, 1.82) is 0 Å². The molecule has 0 bridgehead atoms. The van der Waals surface area contributed by atoms with E-state index < -0.39 is 5.97 Å². The number of halogens is 1. The summed E-state index contributed by atoms with van der Waals surface area (Å²) in [5, 5.41) is 17.6. The van der Waals surface area contributed by atoms with Crippen molar-refractivity contribution >= 4 is 41.1 Å². The molecule has 0 fully saturated rings. The normalized spacial score (nSPS) is 11.9. The first kappa shape index (κ1) is 15.4. The van der Waals surface area contributed by atoms with E-state index in [1.54, 1.807) is 19.1 Å². The molecular weight excluding hydrogens is 314 g/mol. The van der Waals surface area contributed by atoms with Gasteiger partial charge in [-0.25, -0.2) is 4.79 Å². The third-order valence-electron chi connectivity index (χ3n) is 2.56. The number of anilines is 1. The molecule has 3 N–H and O–H groups in total. The molecule has 6 nitrogen and oxygen atoms in total. The summed E-state index contributed by atoms with van der Waals surface area (Å²) in [4.78, 5) is 23.6. The topological polar surface area (TPSA) is 95.1 Å². The van der Waals surface area contributed by atoms with Crippen LogP contribution in [0.4, 0.5) is 5.82 Å². The lowest BCUT2D eigenvalue weighted by atomic mass is 10.4. The minimum Gasteiger partial charge on any atom is -0.477 e. The Morgan fingerprint density at radius 1 is 1.38 bits per heavy atom. The van der Waals surface area contributed by atoms with Crippen LogP contribution in [-0.2, 0) is 4.79 Å². The number of carboxylic acid groups (broad SMARTS) is 1. The smallest absolute Gasteiger partial charge is 0.353 e. The number of carboxylic acids is 1. The van der Waals surface area contributed by atoms with E-state index in [4.69, 9.17) is 16.7 Å². The highest BCUT2D eigenvalue weighted by atomic mass is 35.5. The number of aromatic amines is 1. The van der Waals surface area contributed by atoms with Crippen LogP contribution < -0.4 is 5.32 Å². The molecule has 0 spiro atoms. The number of hydrogen-bond acceptors (Lipinski definition) is 4. The Kier molecular flexibility index (Phi) is 4.87. The average Bonchev–Trinajstić information content (AvgIpc) is 2.90. The molecule has 1 unspecified atom stereocenters. The summed E-state index contributed by atoms with van der Waals surface area (Å²) in [6.07, 6.45) is 0. The fourth-order valence-electron chi connectivity index (χ4n) is 1.49.